The summed E-state index contributed by atoms with van der Waals surface area (Å²) in [6.07, 6.45) is 19.8. The van der Waals surface area contributed by atoms with Gasteiger partial charge in [-0.05, 0) is 30.6 Å². The summed E-state index contributed by atoms with van der Waals surface area (Å²) >= 11 is 0. The second kappa shape index (κ2) is 7.44. The molecule has 0 aromatic carbocycles. The summed E-state index contributed by atoms with van der Waals surface area (Å²) in [5.41, 5.74) is 0. The highest BCUT2D eigenvalue weighted by molar-refractivity contribution is 4.80. The molecule has 2 rings (SSSR count). The van der Waals surface area contributed by atoms with Crippen molar-refractivity contribution in [3.63, 3.8) is 0 Å². The van der Waals surface area contributed by atoms with E-state index in [4.69, 9.17) is 0 Å². The minimum atomic E-state index is 1.07. The van der Waals surface area contributed by atoms with Crippen molar-refractivity contribution in [3.8, 4) is 0 Å². The lowest BCUT2D eigenvalue weighted by atomic mass is 9.70. The van der Waals surface area contributed by atoms with Gasteiger partial charge in [0.05, 0.1) is 0 Å². The molecule has 0 aliphatic heterocycles. The number of hydrogen-bond donors (Lipinski definition) is 0. The molecule has 2 saturated carbocycles. The Hall–Kier alpha value is 0. The smallest absolute Gasteiger partial charge is 0.0383 e. The summed E-state index contributed by atoms with van der Waals surface area (Å²) in [6, 6.07) is 0. The third-order valence-electron chi connectivity index (χ3n) is 5.48. The standard InChI is InChI=1S/C17H32/c1-2-15-12-13-16-10-8-6-4-3-5-7-9-11-17(16)14-15/h15-17H,2-14H2,1H3. The van der Waals surface area contributed by atoms with Crippen molar-refractivity contribution in [2.24, 2.45) is 17.8 Å². The molecule has 2 aliphatic carbocycles. The van der Waals surface area contributed by atoms with Crippen LogP contribution in [-0.2, 0) is 0 Å². The van der Waals surface area contributed by atoms with E-state index in [1.807, 2.05) is 0 Å². The second-order valence-corrected chi connectivity index (χ2v) is 6.66. The van der Waals surface area contributed by atoms with Crippen molar-refractivity contribution in [3.05, 3.63) is 0 Å². The van der Waals surface area contributed by atoms with Gasteiger partial charge in [-0.1, -0.05) is 77.6 Å². The first kappa shape index (κ1) is 13.4. The maximum atomic E-state index is 2.40. The molecule has 0 spiro atoms. The molecule has 0 saturated heterocycles. The quantitative estimate of drug-likeness (QED) is 0.527. The van der Waals surface area contributed by atoms with Crippen molar-refractivity contribution in [1.82, 2.24) is 0 Å². The molecule has 0 heteroatoms. The Morgan fingerprint density at radius 3 is 1.88 bits per heavy atom. The number of rotatable bonds is 1. The third-order valence-corrected chi connectivity index (χ3v) is 5.48. The van der Waals surface area contributed by atoms with E-state index < -0.39 is 0 Å². The Labute approximate surface area is 109 Å². The van der Waals surface area contributed by atoms with Crippen molar-refractivity contribution >= 4 is 0 Å². The van der Waals surface area contributed by atoms with Gasteiger partial charge in [0.25, 0.3) is 0 Å². The van der Waals surface area contributed by atoms with Crippen molar-refractivity contribution in [2.75, 3.05) is 0 Å². The van der Waals surface area contributed by atoms with Crippen LogP contribution in [0.25, 0.3) is 0 Å². The minimum Gasteiger partial charge on any atom is -0.0651 e. The molecule has 100 valence electrons. The first-order valence-corrected chi connectivity index (χ1v) is 8.40. The number of hydrogen-bond acceptors (Lipinski definition) is 0. The molecule has 0 radical (unpaired) electrons. The van der Waals surface area contributed by atoms with Crippen LogP contribution in [-0.4, -0.2) is 0 Å². The molecular formula is C17H32. The Bertz CT molecular complexity index is 196. The average Bonchev–Trinajstić information content (AvgIpc) is 2.42. The lowest BCUT2D eigenvalue weighted by molar-refractivity contribution is 0.153. The molecule has 17 heavy (non-hydrogen) atoms. The Kier molecular flexibility index (Phi) is 5.88. The molecule has 3 atom stereocenters. The van der Waals surface area contributed by atoms with Gasteiger partial charge in [-0.3, -0.25) is 0 Å². The van der Waals surface area contributed by atoms with Crippen LogP contribution in [0.4, 0.5) is 0 Å². The predicted octanol–water partition coefficient (Wildman–Crippen LogP) is 5.95. The normalized spacial score (nSPS) is 36.9. The van der Waals surface area contributed by atoms with E-state index in [-0.39, 0.29) is 0 Å². The van der Waals surface area contributed by atoms with E-state index in [1.54, 1.807) is 25.7 Å². The average molecular weight is 236 g/mol. The molecule has 0 amide bonds. The molecular weight excluding hydrogens is 204 g/mol. The Balaban J connectivity index is 1.86. The van der Waals surface area contributed by atoms with Crippen LogP contribution >= 0.6 is 0 Å². The zero-order valence-electron chi connectivity index (χ0n) is 11.9. The van der Waals surface area contributed by atoms with Gasteiger partial charge in [0.2, 0.25) is 0 Å². The molecule has 2 aliphatic rings. The van der Waals surface area contributed by atoms with Crippen LogP contribution in [0, 0.1) is 17.8 Å². The van der Waals surface area contributed by atoms with Crippen LogP contribution in [0.15, 0.2) is 0 Å². The van der Waals surface area contributed by atoms with E-state index in [2.05, 4.69) is 6.92 Å². The predicted molar refractivity (Wildman–Crippen MR) is 76.2 cm³/mol. The van der Waals surface area contributed by atoms with E-state index in [9.17, 15) is 0 Å². The van der Waals surface area contributed by atoms with Crippen LogP contribution in [0.3, 0.4) is 0 Å². The monoisotopic (exact) mass is 236 g/mol. The van der Waals surface area contributed by atoms with Crippen molar-refractivity contribution in [1.29, 1.82) is 0 Å². The highest BCUT2D eigenvalue weighted by Gasteiger charge is 2.28. The molecule has 0 aromatic heterocycles. The van der Waals surface area contributed by atoms with Gasteiger partial charge in [0.15, 0.2) is 0 Å². The maximum Gasteiger partial charge on any atom is -0.0383 e. The first-order valence-electron chi connectivity index (χ1n) is 8.40. The summed E-state index contributed by atoms with van der Waals surface area (Å²) < 4.78 is 0. The summed E-state index contributed by atoms with van der Waals surface area (Å²) in [7, 11) is 0. The molecule has 0 N–H and O–H groups in total. The lowest BCUT2D eigenvalue weighted by Crippen LogP contribution is -2.24. The van der Waals surface area contributed by atoms with Gasteiger partial charge in [0, 0.05) is 0 Å². The fraction of sp³-hybridized carbons (Fsp3) is 1.00. The topological polar surface area (TPSA) is 0 Å². The van der Waals surface area contributed by atoms with Gasteiger partial charge in [-0.25, -0.2) is 0 Å². The van der Waals surface area contributed by atoms with Crippen LogP contribution in [0.2, 0.25) is 0 Å². The lowest BCUT2D eigenvalue weighted by Gasteiger charge is -2.36. The summed E-state index contributed by atoms with van der Waals surface area (Å²) in [5.74, 6) is 3.28. The largest absolute Gasteiger partial charge is 0.0651 e. The zero-order valence-corrected chi connectivity index (χ0v) is 11.9. The summed E-state index contributed by atoms with van der Waals surface area (Å²) in [6.45, 7) is 2.40. The summed E-state index contributed by atoms with van der Waals surface area (Å²) in [4.78, 5) is 0. The highest BCUT2D eigenvalue weighted by atomic mass is 14.3. The molecule has 0 heterocycles. The van der Waals surface area contributed by atoms with Crippen LogP contribution in [0.1, 0.15) is 90.4 Å². The van der Waals surface area contributed by atoms with Gasteiger partial charge in [-0.2, -0.15) is 0 Å². The van der Waals surface area contributed by atoms with E-state index >= 15 is 0 Å². The van der Waals surface area contributed by atoms with E-state index in [0.29, 0.717) is 0 Å². The van der Waals surface area contributed by atoms with Crippen molar-refractivity contribution in [2.45, 2.75) is 90.4 Å². The maximum absolute atomic E-state index is 2.40. The molecule has 0 aromatic rings. The third kappa shape index (κ3) is 4.30. The van der Waals surface area contributed by atoms with E-state index in [1.165, 1.54) is 57.8 Å². The van der Waals surface area contributed by atoms with Gasteiger partial charge in [0.1, 0.15) is 0 Å². The second-order valence-electron chi connectivity index (χ2n) is 6.66. The summed E-state index contributed by atoms with van der Waals surface area (Å²) in [5, 5.41) is 0. The number of fused-ring (bicyclic) bond motifs is 1. The fourth-order valence-corrected chi connectivity index (χ4v) is 4.23. The zero-order chi connectivity index (χ0) is 11.9. The minimum absolute atomic E-state index is 1.07. The molecule has 0 bridgehead atoms. The Morgan fingerprint density at radius 2 is 1.24 bits per heavy atom. The van der Waals surface area contributed by atoms with E-state index in [0.717, 1.165) is 17.8 Å². The SMILES string of the molecule is CCC1CCC2CCCCCCCCCC2C1. The molecule has 0 nitrogen and oxygen atoms in total. The highest BCUT2D eigenvalue weighted by Crippen LogP contribution is 2.41. The van der Waals surface area contributed by atoms with Crippen molar-refractivity contribution < 1.29 is 0 Å². The van der Waals surface area contributed by atoms with Gasteiger partial charge < -0.3 is 0 Å². The molecule has 3 unspecified atom stereocenters. The van der Waals surface area contributed by atoms with Gasteiger partial charge in [-0.15, -0.1) is 0 Å². The van der Waals surface area contributed by atoms with Gasteiger partial charge >= 0.3 is 0 Å². The Morgan fingerprint density at radius 1 is 0.647 bits per heavy atom. The fourth-order valence-electron chi connectivity index (χ4n) is 4.23. The van der Waals surface area contributed by atoms with Crippen LogP contribution < -0.4 is 0 Å². The molecule has 2 fully saturated rings. The van der Waals surface area contributed by atoms with Crippen LogP contribution in [0.5, 0.6) is 0 Å². The first-order chi connectivity index (χ1) is 8.40.